The van der Waals surface area contributed by atoms with Gasteiger partial charge in [-0.25, -0.2) is 4.98 Å². The largest absolute Gasteiger partial charge is 0.308 e. The molecule has 0 aromatic carbocycles. The zero-order valence-corrected chi connectivity index (χ0v) is 11.0. The SMILES string of the molecule is C#CC(CCC)NCc1nc2ccsc2c(=O)[nH]1. The maximum Gasteiger partial charge on any atom is 0.268 e. The van der Waals surface area contributed by atoms with Crippen molar-refractivity contribution >= 4 is 21.6 Å². The van der Waals surface area contributed by atoms with Crippen LogP contribution in [-0.4, -0.2) is 16.0 Å². The van der Waals surface area contributed by atoms with Crippen molar-refractivity contribution in [1.29, 1.82) is 0 Å². The van der Waals surface area contributed by atoms with Crippen molar-refractivity contribution in [1.82, 2.24) is 15.3 Å². The maximum atomic E-state index is 11.7. The van der Waals surface area contributed by atoms with Gasteiger partial charge in [0, 0.05) is 0 Å². The van der Waals surface area contributed by atoms with Crippen molar-refractivity contribution in [2.75, 3.05) is 0 Å². The Labute approximate surface area is 109 Å². The lowest BCUT2D eigenvalue weighted by Gasteiger charge is -2.11. The first kappa shape index (κ1) is 12.8. The lowest BCUT2D eigenvalue weighted by Crippen LogP contribution is -2.28. The fourth-order valence-electron chi connectivity index (χ4n) is 1.76. The van der Waals surface area contributed by atoms with Crippen LogP contribution in [0.15, 0.2) is 16.2 Å². The molecule has 0 bridgehead atoms. The van der Waals surface area contributed by atoms with E-state index in [0.717, 1.165) is 18.4 Å². The number of rotatable bonds is 5. The molecule has 0 saturated heterocycles. The molecule has 0 amide bonds. The molecule has 2 aromatic rings. The summed E-state index contributed by atoms with van der Waals surface area (Å²) in [6.07, 6.45) is 7.37. The molecule has 5 heteroatoms. The summed E-state index contributed by atoms with van der Waals surface area (Å²) >= 11 is 1.40. The van der Waals surface area contributed by atoms with Crippen LogP contribution < -0.4 is 10.9 Å². The van der Waals surface area contributed by atoms with Crippen LogP contribution in [0.1, 0.15) is 25.6 Å². The Morgan fingerprint density at radius 2 is 2.50 bits per heavy atom. The van der Waals surface area contributed by atoms with E-state index in [1.807, 2.05) is 11.4 Å². The fraction of sp³-hybridized carbons (Fsp3) is 0.385. The molecule has 0 fully saturated rings. The minimum absolute atomic E-state index is 0.0264. The second-order valence-electron chi connectivity index (χ2n) is 4.04. The van der Waals surface area contributed by atoms with E-state index >= 15 is 0 Å². The van der Waals surface area contributed by atoms with E-state index in [9.17, 15) is 4.79 Å². The number of nitrogens with zero attached hydrogens (tertiary/aromatic N) is 1. The zero-order valence-electron chi connectivity index (χ0n) is 10.2. The number of aromatic amines is 1. The molecular weight excluding hydrogens is 246 g/mol. The van der Waals surface area contributed by atoms with Gasteiger partial charge in [-0.05, 0) is 17.9 Å². The maximum absolute atomic E-state index is 11.7. The minimum atomic E-state index is -0.0838. The molecule has 2 aromatic heterocycles. The number of nitrogens with one attached hydrogen (secondary N) is 2. The van der Waals surface area contributed by atoms with Crippen LogP contribution in [-0.2, 0) is 6.54 Å². The Balaban J connectivity index is 2.12. The van der Waals surface area contributed by atoms with Gasteiger partial charge in [-0.2, -0.15) is 0 Å². The molecule has 1 atom stereocenters. The lowest BCUT2D eigenvalue weighted by atomic mass is 10.2. The van der Waals surface area contributed by atoms with Gasteiger partial charge in [-0.1, -0.05) is 19.3 Å². The van der Waals surface area contributed by atoms with Crippen molar-refractivity contribution in [3.8, 4) is 12.3 Å². The van der Waals surface area contributed by atoms with E-state index in [0.29, 0.717) is 17.1 Å². The van der Waals surface area contributed by atoms with Crippen molar-refractivity contribution in [2.24, 2.45) is 0 Å². The minimum Gasteiger partial charge on any atom is -0.308 e. The molecule has 2 N–H and O–H groups in total. The van der Waals surface area contributed by atoms with Crippen LogP contribution in [0.5, 0.6) is 0 Å². The lowest BCUT2D eigenvalue weighted by molar-refractivity contribution is 0.551. The Morgan fingerprint density at radius 3 is 3.22 bits per heavy atom. The topological polar surface area (TPSA) is 57.8 Å². The summed E-state index contributed by atoms with van der Waals surface area (Å²) < 4.78 is 0.667. The van der Waals surface area contributed by atoms with E-state index in [4.69, 9.17) is 6.42 Å². The molecule has 0 aliphatic heterocycles. The molecule has 0 spiro atoms. The zero-order chi connectivity index (χ0) is 13.0. The van der Waals surface area contributed by atoms with E-state index in [1.54, 1.807) is 0 Å². The van der Waals surface area contributed by atoms with Gasteiger partial charge >= 0.3 is 0 Å². The van der Waals surface area contributed by atoms with E-state index in [1.165, 1.54) is 11.3 Å². The molecule has 0 aliphatic rings. The summed E-state index contributed by atoms with van der Waals surface area (Å²) in [7, 11) is 0. The third-order valence-corrected chi connectivity index (χ3v) is 3.56. The molecule has 0 radical (unpaired) electrons. The van der Waals surface area contributed by atoms with Gasteiger partial charge in [0.1, 0.15) is 10.5 Å². The first-order valence-electron chi connectivity index (χ1n) is 5.90. The number of fused-ring (bicyclic) bond motifs is 1. The highest BCUT2D eigenvalue weighted by Crippen LogP contribution is 2.13. The van der Waals surface area contributed by atoms with Gasteiger partial charge in [0.05, 0.1) is 18.1 Å². The van der Waals surface area contributed by atoms with Crippen molar-refractivity contribution in [3.05, 3.63) is 27.6 Å². The average Bonchev–Trinajstić information content (AvgIpc) is 2.83. The summed E-state index contributed by atoms with van der Waals surface area (Å²) in [5.41, 5.74) is 0.660. The third-order valence-electron chi connectivity index (χ3n) is 2.66. The van der Waals surface area contributed by atoms with Gasteiger partial charge < -0.3 is 4.98 Å². The first-order valence-corrected chi connectivity index (χ1v) is 6.78. The molecular formula is C13H15N3OS. The van der Waals surface area contributed by atoms with Crippen molar-refractivity contribution in [2.45, 2.75) is 32.4 Å². The number of hydrogen-bond acceptors (Lipinski definition) is 4. The van der Waals surface area contributed by atoms with Crippen LogP contribution in [0.3, 0.4) is 0 Å². The fourth-order valence-corrected chi connectivity index (χ4v) is 2.48. The van der Waals surface area contributed by atoms with Crippen LogP contribution >= 0.6 is 11.3 Å². The highest BCUT2D eigenvalue weighted by molar-refractivity contribution is 7.17. The quantitative estimate of drug-likeness (QED) is 0.808. The second kappa shape index (κ2) is 5.80. The van der Waals surface area contributed by atoms with E-state index in [-0.39, 0.29) is 11.6 Å². The third kappa shape index (κ3) is 2.78. The average molecular weight is 261 g/mol. The highest BCUT2D eigenvalue weighted by Gasteiger charge is 2.07. The molecule has 2 rings (SSSR count). The standard InChI is InChI=1S/C13H15N3OS/c1-3-5-9(4-2)14-8-11-15-10-6-7-18-12(10)13(17)16-11/h2,6-7,9,14H,3,5,8H2,1H3,(H,15,16,17). The molecule has 2 heterocycles. The highest BCUT2D eigenvalue weighted by atomic mass is 32.1. The molecule has 1 unspecified atom stereocenters. The summed E-state index contributed by atoms with van der Waals surface area (Å²) in [5.74, 6) is 3.32. The van der Waals surface area contributed by atoms with E-state index in [2.05, 4.69) is 28.1 Å². The first-order chi connectivity index (χ1) is 8.74. The van der Waals surface area contributed by atoms with Gasteiger partial charge in [0.25, 0.3) is 5.56 Å². The smallest absolute Gasteiger partial charge is 0.268 e. The number of terminal acetylenes is 1. The van der Waals surface area contributed by atoms with Gasteiger partial charge in [0.15, 0.2) is 0 Å². The molecule has 94 valence electrons. The van der Waals surface area contributed by atoms with E-state index < -0.39 is 0 Å². The van der Waals surface area contributed by atoms with Crippen LogP contribution in [0.4, 0.5) is 0 Å². The Bertz CT molecular complexity index is 623. The predicted octanol–water partition coefficient (Wildman–Crippen LogP) is 1.88. The van der Waals surface area contributed by atoms with Crippen LogP contribution in [0, 0.1) is 12.3 Å². The van der Waals surface area contributed by atoms with Crippen LogP contribution in [0.25, 0.3) is 10.2 Å². The monoisotopic (exact) mass is 261 g/mol. The number of thiophene rings is 1. The summed E-state index contributed by atoms with van der Waals surface area (Å²) in [6.45, 7) is 2.57. The number of aromatic nitrogens is 2. The molecule has 0 saturated carbocycles. The second-order valence-corrected chi connectivity index (χ2v) is 4.95. The molecule has 4 nitrogen and oxygen atoms in total. The Morgan fingerprint density at radius 1 is 1.67 bits per heavy atom. The molecule has 18 heavy (non-hydrogen) atoms. The predicted molar refractivity (Wildman–Crippen MR) is 74.6 cm³/mol. The number of hydrogen-bond donors (Lipinski definition) is 2. The summed E-state index contributed by atoms with van der Waals surface area (Å²) in [6, 6.07) is 1.88. The normalized spacial score (nSPS) is 12.4. The number of H-pyrrole nitrogens is 1. The van der Waals surface area contributed by atoms with Crippen molar-refractivity contribution in [3.63, 3.8) is 0 Å². The van der Waals surface area contributed by atoms with Gasteiger partial charge in [0.2, 0.25) is 0 Å². The van der Waals surface area contributed by atoms with Crippen LogP contribution in [0.2, 0.25) is 0 Å². The van der Waals surface area contributed by atoms with Gasteiger partial charge in [-0.15, -0.1) is 17.8 Å². The Kier molecular flexibility index (Phi) is 4.13. The Hall–Kier alpha value is -1.64. The van der Waals surface area contributed by atoms with Gasteiger partial charge in [-0.3, -0.25) is 10.1 Å². The summed E-state index contributed by atoms with van der Waals surface area (Å²) in [5, 5.41) is 5.07. The molecule has 0 aliphatic carbocycles. The summed E-state index contributed by atoms with van der Waals surface area (Å²) in [4.78, 5) is 18.9. The van der Waals surface area contributed by atoms with Crippen molar-refractivity contribution < 1.29 is 0 Å².